The number of ether oxygens (including phenoxy) is 1. The largest absolute Gasteiger partial charge is 0.460 e. The normalized spacial score (nSPS) is 12.5. The molecule has 1 aromatic carbocycles. The molecule has 1 aromatic heterocycles. The van der Waals surface area contributed by atoms with E-state index in [1.807, 2.05) is 0 Å². The molecule has 0 saturated carbocycles. The Morgan fingerprint density at radius 1 is 1.27 bits per heavy atom. The lowest BCUT2D eigenvalue weighted by Crippen LogP contribution is -2.31. The molecule has 0 aliphatic carbocycles. The van der Waals surface area contributed by atoms with Crippen molar-refractivity contribution in [2.45, 2.75) is 52.2 Å². The van der Waals surface area contributed by atoms with Crippen LogP contribution in [0.15, 0.2) is 28.8 Å². The fourth-order valence-corrected chi connectivity index (χ4v) is 2.26. The fraction of sp³-hybridized carbons (Fsp3) is 0.444. The summed E-state index contributed by atoms with van der Waals surface area (Å²) in [7, 11) is 0. The van der Waals surface area contributed by atoms with E-state index in [9.17, 15) is 14.0 Å². The Morgan fingerprint density at radius 2 is 1.96 bits per heavy atom. The number of nitrogens with one attached hydrogen (secondary N) is 1. The standard InChI is InChI=1S/C18H22FN3O4/c1-11-20-17(22-26-11)16(12-7-5-6-8-13(12)19)21-14(23)9-10-15(24)25-18(2,3)4/h5-8,16H,9-10H2,1-4H3,(H,21,23). The average molecular weight is 363 g/mol. The summed E-state index contributed by atoms with van der Waals surface area (Å²) in [5.41, 5.74) is -0.412. The molecule has 140 valence electrons. The van der Waals surface area contributed by atoms with E-state index >= 15 is 0 Å². The van der Waals surface area contributed by atoms with Crippen LogP contribution in [0.25, 0.3) is 0 Å². The van der Waals surface area contributed by atoms with Gasteiger partial charge in [-0.25, -0.2) is 4.39 Å². The number of aromatic nitrogens is 2. The summed E-state index contributed by atoms with van der Waals surface area (Å²) in [4.78, 5) is 28.1. The summed E-state index contributed by atoms with van der Waals surface area (Å²) in [6, 6.07) is 5.08. The maximum atomic E-state index is 14.2. The number of halogens is 1. The van der Waals surface area contributed by atoms with Gasteiger partial charge in [-0.1, -0.05) is 23.4 Å². The molecule has 26 heavy (non-hydrogen) atoms. The third-order valence-electron chi connectivity index (χ3n) is 3.30. The van der Waals surface area contributed by atoms with Crippen molar-refractivity contribution in [3.63, 3.8) is 0 Å². The molecule has 0 bridgehead atoms. The Bertz CT molecular complexity index is 783. The first-order chi connectivity index (χ1) is 12.2. The number of nitrogens with zero attached hydrogens (tertiary/aromatic N) is 2. The van der Waals surface area contributed by atoms with Gasteiger partial charge in [0.05, 0.1) is 6.42 Å². The van der Waals surface area contributed by atoms with Crippen LogP contribution in [0.5, 0.6) is 0 Å². The maximum Gasteiger partial charge on any atom is 0.306 e. The van der Waals surface area contributed by atoms with Crippen LogP contribution in [0.3, 0.4) is 0 Å². The number of benzene rings is 1. The van der Waals surface area contributed by atoms with Crippen LogP contribution in [0.1, 0.15) is 56.9 Å². The highest BCUT2D eigenvalue weighted by atomic mass is 19.1. The summed E-state index contributed by atoms with van der Waals surface area (Å²) in [6.07, 6.45) is -0.185. The van der Waals surface area contributed by atoms with Gasteiger partial charge in [0, 0.05) is 18.9 Å². The lowest BCUT2D eigenvalue weighted by atomic mass is 10.1. The zero-order valence-electron chi connectivity index (χ0n) is 15.2. The van der Waals surface area contributed by atoms with Crippen LogP contribution in [-0.4, -0.2) is 27.6 Å². The van der Waals surface area contributed by atoms with E-state index in [2.05, 4.69) is 15.5 Å². The number of rotatable bonds is 6. The topological polar surface area (TPSA) is 94.3 Å². The molecule has 0 spiro atoms. The summed E-state index contributed by atoms with van der Waals surface area (Å²) in [5, 5.41) is 6.42. The van der Waals surface area contributed by atoms with Crippen molar-refractivity contribution in [2.24, 2.45) is 0 Å². The molecule has 8 heteroatoms. The van der Waals surface area contributed by atoms with E-state index in [1.165, 1.54) is 12.1 Å². The van der Waals surface area contributed by atoms with Crippen molar-refractivity contribution < 1.29 is 23.2 Å². The molecule has 2 rings (SSSR count). The van der Waals surface area contributed by atoms with Crippen LogP contribution in [-0.2, 0) is 14.3 Å². The number of hydrogen-bond acceptors (Lipinski definition) is 6. The van der Waals surface area contributed by atoms with E-state index in [0.29, 0.717) is 5.89 Å². The molecule has 7 nitrogen and oxygen atoms in total. The van der Waals surface area contributed by atoms with Crippen molar-refractivity contribution in [2.75, 3.05) is 0 Å². The van der Waals surface area contributed by atoms with Crippen molar-refractivity contribution in [1.29, 1.82) is 0 Å². The second-order valence-corrected chi connectivity index (χ2v) is 6.78. The molecule has 0 saturated heterocycles. The first-order valence-electron chi connectivity index (χ1n) is 8.21. The monoisotopic (exact) mass is 363 g/mol. The minimum Gasteiger partial charge on any atom is -0.460 e. The zero-order chi connectivity index (χ0) is 19.3. The second-order valence-electron chi connectivity index (χ2n) is 6.78. The molecule has 1 heterocycles. The van der Waals surface area contributed by atoms with Gasteiger partial charge in [-0.3, -0.25) is 9.59 Å². The Hall–Kier alpha value is -2.77. The number of carbonyl (C=O) groups excluding carboxylic acids is 2. The highest BCUT2D eigenvalue weighted by Gasteiger charge is 2.25. The summed E-state index contributed by atoms with van der Waals surface area (Å²) < 4.78 is 24.3. The lowest BCUT2D eigenvalue weighted by molar-refractivity contribution is -0.155. The van der Waals surface area contributed by atoms with Crippen molar-refractivity contribution in [3.8, 4) is 0 Å². The molecule has 1 amide bonds. The van der Waals surface area contributed by atoms with Gasteiger partial charge in [0.25, 0.3) is 0 Å². The van der Waals surface area contributed by atoms with E-state index in [-0.39, 0.29) is 24.2 Å². The molecule has 0 radical (unpaired) electrons. The van der Waals surface area contributed by atoms with Gasteiger partial charge >= 0.3 is 5.97 Å². The SMILES string of the molecule is Cc1nc(C(NC(=O)CCC(=O)OC(C)(C)C)c2ccccc2F)no1. The molecular formula is C18H22FN3O4. The second kappa shape index (κ2) is 8.07. The van der Waals surface area contributed by atoms with E-state index in [4.69, 9.17) is 9.26 Å². The van der Waals surface area contributed by atoms with Gasteiger partial charge in [-0.2, -0.15) is 4.98 Å². The van der Waals surface area contributed by atoms with Gasteiger partial charge in [-0.15, -0.1) is 0 Å². The number of esters is 1. The van der Waals surface area contributed by atoms with Crippen molar-refractivity contribution in [3.05, 3.63) is 47.4 Å². The minimum absolute atomic E-state index is 0.0850. The fourth-order valence-electron chi connectivity index (χ4n) is 2.26. The number of carbonyl (C=O) groups is 2. The third kappa shape index (κ3) is 5.65. The average Bonchev–Trinajstić information content (AvgIpc) is 2.96. The van der Waals surface area contributed by atoms with Gasteiger partial charge in [0.1, 0.15) is 17.5 Å². The molecule has 2 aromatic rings. The molecule has 1 unspecified atom stereocenters. The smallest absolute Gasteiger partial charge is 0.306 e. The Morgan fingerprint density at radius 3 is 2.54 bits per heavy atom. The Labute approximate surface area is 150 Å². The molecule has 1 atom stereocenters. The number of aryl methyl sites for hydroxylation is 1. The molecule has 0 aliphatic heterocycles. The van der Waals surface area contributed by atoms with Crippen LogP contribution in [0, 0.1) is 12.7 Å². The maximum absolute atomic E-state index is 14.2. The van der Waals surface area contributed by atoms with Crippen molar-refractivity contribution in [1.82, 2.24) is 15.5 Å². The van der Waals surface area contributed by atoms with Crippen LogP contribution in [0.4, 0.5) is 4.39 Å². The highest BCUT2D eigenvalue weighted by molar-refractivity contribution is 5.81. The van der Waals surface area contributed by atoms with E-state index < -0.39 is 29.3 Å². The molecule has 0 aliphatic rings. The van der Waals surface area contributed by atoms with Crippen LogP contribution in [0.2, 0.25) is 0 Å². The third-order valence-corrected chi connectivity index (χ3v) is 3.30. The van der Waals surface area contributed by atoms with Crippen molar-refractivity contribution >= 4 is 11.9 Å². The van der Waals surface area contributed by atoms with E-state index in [1.54, 1.807) is 39.8 Å². The minimum atomic E-state index is -0.917. The van der Waals surface area contributed by atoms with Gasteiger partial charge < -0.3 is 14.6 Å². The Kier molecular flexibility index (Phi) is 6.07. The predicted octanol–water partition coefficient (Wildman–Crippen LogP) is 2.84. The van der Waals surface area contributed by atoms with Gasteiger partial charge in [0.15, 0.2) is 5.82 Å². The molecular weight excluding hydrogens is 341 g/mol. The first kappa shape index (κ1) is 19.6. The zero-order valence-corrected chi connectivity index (χ0v) is 15.2. The van der Waals surface area contributed by atoms with E-state index in [0.717, 1.165) is 0 Å². The predicted molar refractivity (Wildman–Crippen MR) is 90.5 cm³/mol. The number of hydrogen-bond donors (Lipinski definition) is 1. The quantitative estimate of drug-likeness (QED) is 0.793. The van der Waals surface area contributed by atoms with Crippen LogP contribution >= 0.6 is 0 Å². The highest BCUT2D eigenvalue weighted by Crippen LogP contribution is 2.22. The summed E-state index contributed by atoms with van der Waals surface area (Å²) in [6.45, 7) is 6.84. The summed E-state index contributed by atoms with van der Waals surface area (Å²) >= 11 is 0. The molecule has 1 N–H and O–H groups in total. The first-order valence-corrected chi connectivity index (χ1v) is 8.21. The molecule has 0 fully saturated rings. The Balaban J connectivity index is 2.09. The summed E-state index contributed by atoms with van der Waals surface area (Å²) in [5.74, 6) is -1.01. The number of amides is 1. The van der Waals surface area contributed by atoms with Gasteiger partial charge in [0.2, 0.25) is 11.8 Å². The van der Waals surface area contributed by atoms with Crippen LogP contribution < -0.4 is 5.32 Å². The van der Waals surface area contributed by atoms with Gasteiger partial charge in [-0.05, 0) is 26.8 Å². The lowest BCUT2D eigenvalue weighted by Gasteiger charge is -2.20.